The van der Waals surface area contributed by atoms with E-state index in [0.29, 0.717) is 6.04 Å². The monoisotopic (exact) mass is 295 g/mol. The van der Waals surface area contributed by atoms with Crippen LogP contribution < -0.4 is 5.32 Å². The van der Waals surface area contributed by atoms with Crippen LogP contribution >= 0.6 is 23.1 Å². The van der Waals surface area contributed by atoms with Gasteiger partial charge in [0.15, 0.2) is 0 Å². The number of thiophene rings is 1. The molecule has 1 heterocycles. The summed E-state index contributed by atoms with van der Waals surface area (Å²) < 4.78 is 13.1. The molecule has 2 rings (SSSR count). The molecule has 2 aromatic rings. The van der Waals surface area contributed by atoms with Gasteiger partial charge in [-0.05, 0) is 42.6 Å². The molecule has 4 heteroatoms. The second-order valence-electron chi connectivity index (χ2n) is 4.31. The first-order valence-electron chi connectivity index (χ1n) is 6.42. The van der Waals surface area contributed by atoms with E-state index >= 15 is 0 Å². The van der Waals surface area contributed by atoms with E-state index in [1.165, 1.54) is 10.9 Å². The van der Waals surface area contributed by atoms with Gasteiger partial charge < -0.3 is 5.32 Å². The highest BCUT2D eigenvalue weighted by molar-refractivity contribution is 7.99. The zero-order valence-electron chi connectivity index (χ0n) is 10.9. The van der Waals surface area contributed by atoms with Crippen LogP contribution in [0.25, 0.3) is 0 Å². The Hall–Kier alpha value is -0.840. The van der Waals surface area contributed by atoms with Crippen LogP contribution in [0.3, 0.4) is 0 Å². The molecule has 1 N–H and O–H groups in total. The molecule has 0 bridgehead atoms. The molecule has 1 atom stereocenters. The quantitative estimate of drug-likeness (QED) is 0.768. The van der Waals surface area contributed by atoms with E-state index in [1.807, 2.05) is 6.07 Å². The Morgan fingerprint density at radius 3 is 2.89 bits per heavy atom. The van der Waals surface area contributed by atoms with Gasteiger partial charge in [0.25, 0.3) is 0 Å². The molecule has 1 unspecified atom stereocenters. The lowest BCUT2D eigenvalue weighted by Crippen LogP contribution is -2.32. The highest BCUT2D eigenvalue weighted by atomic mass is 32.2. The maximum absolute atomic E-state index is 13.1. The Morgan fingerprint density at radius 1 is 1.32 bits per heavy atom. The largest absolute Gasteiger partial charge is 0.313 e. The van der Waals surface area contributed by atoms with Crippen molar-refractivity contribution in [3.8, 4) is 0 Å². The first-order chi connectivity index (χ1) is 9.28. The lowest BCUT2D eigenvalue weighted by molar-refractivity contribution is 0.576. The predicted octanol–water partition coefficient (Wildman–Crippen LogP) is 4.20. The topological polar surface area (TPSA) is 12.0 Å². The Bertz CT molecular complexity index is 485. The molecule has 0 saturated heterocycles. The standard InChI is InChI=1S/C15H18FNS2/c1-2-17-13(10-15-7-4-8-18-15)11-19-14-6-3-5-12(16)9-14/h3-9,13,17H,2,10-11H2,1H3. The molecule has 1 aromatic heterocycles. The number of hydrogen-bond acceptors (Lipinski definition) is 3. The summed E-state index contributed by atoms with van der Waals surface area (Å²) in [6.07, 6.45) is 1.04. The predicted molar refractivity (Wildman–Crippen MR) is 82.6 cm³/mol. The normalized spacial score (nSPS) is 12.5. The average molecular weight is 295 g/mol. The van der Waals surface area contributed by atoms with E-state index in [4.69, 9.17) is 0 Å². The summed E-state index contributed by atoms with van der Waals surface area (Å²) in [6, 6.07) is 11.5. The summed E-state index contributed by atoms with van der Waals surface area (Å²) in [6.45, 7) is 3.08. The lowest BCUT2D eigenvalue weighted by Gasteiger charge is -2.16. The van der Waals surface area contributed by atoms with Crippen molar-refractivity contribution in [1.82, 2.24) is 5.32 Å². The molecular formula is C15H18FNS2. The molecule has 1 aromatic carbocycles. The third-order valence-corrected chi connectivity index (χ3v) is 4.82. The van der Waals surface area contributed by atoms with Crippen molar-refractivity contribution < 1.29 is 4.39 Å². The molecule has 0 saturated carbocycles. The molecule has 1 nitrogen and oxygen atoms in total. The number of nitrogens with one attached hydrogen (secondary N) is 1. The highest BCUT2D eigenvalue weighted by Gasteiger charge is 2.10. The van der Waals surface area contributed by atoms with Crippen molar-refractivity contribution in [3.05, 3.63) is 52.5 Å². The molecule has 0 spiro atoms. The first kappa shape index (κ1) is 14.6. The lowest BCUT2D eigenvalue weighted by atomic mass is 10.2. The van der Waals surface area contributed by atoms with E-state index < -0.39 is 0 Å². The fraction of sp³-hybridized carbons (Fsp3) is 0.333. The number of halogens is 1. The number of hydrogen-bond donors (Lipinski definition) is 1. The minimum absolute atomic E-state index is 0.164. The number of rotatable bonds is 7. The van der Waals surface area contributed by atoms with Crippen LogP contribution in [0, 0.1) is 5.82 Å². The zero-order chi connectivity index (χ0) is 13.5. The molecule has 19 heavy (non-hydrogen) atoms. The summed E-state index contributed by atoms with van der Waals surface area (Å²) >= 11 is 3.50. The first-order valence-corrected chi connectivity index (χ1v) is 8.28. The van der Waals surface area contributed by atoms with Crippen molar-refractivity contribution in [1.29, 1.82) is 0 Å². The van der Waals surface area contributed by atoms with Gasteiger partial charge in [-0.1, -0.05) is 19.1 Å². The zero-order valence-corrected chi connectivity index (χ0v) is 12.6. The van der Waals surface area contributed by atoms with Crippen LogP contribution in [0.5, 0.6) is 0 Å². The maximum atomic E-state index is 13.1. The van der Waals surface area contributed by atoms with Crippen LogP contribution in [-0.4, -0.2) is 18.3 Å². The molecule has 0 aliphatic carbocycles. The number of benzene rings is 1. The van der Waals surface area contributed by atoms with Gasteiger partial charge in [-0.2, -0.15) is 0 Å². The summed E-state index contributed by atoms with van der Waals surface area (Å²) in [7, 11) is 0. The minimum atomic E-state index is -0.164. The van der Waals surface area contributed by atoms with Crippen molar-refractivity contribution in [2.45, 2.75) is 24.3 Å². The highest BCUT2D eigenvalue weighted by Crippen LogP contribution is 2.21. The number of likely N-dealkylation sites (N-methyl/N-ethyl adjacent to an activating group) is 1. The third-order valence-electron chi connectivity index (χ3n) is 2.77. The van der Waals surface area contributed by atoms with Crippen LogP contribution in [0.4, 0.5) is 4.39 Å². The van der Waals surface area contributed by atoms with E-state index in [0.717, 1.165) is 23.6 Å². The summed E-state index contributed by atoms with van der Waals surface area (Å²) in [4.78, 5) is 2.39. The van der Waals surface area contributed by atoms with Crippen molar-refractivity contribution in [2.24, 2.45) is 0 Å². The molecule has 0 radical (unpaired) electrons. The van der Waals surface area contributed by atoms with E-state index in [9.17, 15) is 4.39 Å². The van der Waals surface area contributed by atoms with Gasteiger partial charge in [-0.15, -0.1) is 23.1 Å². The van der Waals surface area contributed by atoms with E-state index in [-0.39, 0.29) is 5.82 Å². The Kier molecular flexibility index (Phi) is 5.89. The molecule has 0 aliphatic heterocycles. The second kappa shape index (κ2) is 7.68. The van der Waals surface area contributed by atoms with E-state index in [1.54, 1.807) is 35.2 Å². The van der Waals surface area contributed by atoms with Crippen LogP contribution in [-0.2, 0) is 6.42 Å². The van der Waals surface area contributed by atoms with Crippen molar-refractivity contribution in [2.75, 3.05) is 12.3 Å². The van der Waals surface area contributed by atoms with Gasteiger partial charge in [-0.25, -0.2) is 4.39 Å². The minimum Gasteiger partial charge on any atom is -0.313 e. The van der Waals surface area contributed by atoms with Crippen molar-refractivity contribution in [3.63, 3.8) is 0 Å². The van der Waals surface area contributed by atoms with Crippen LogP contribution in [0.15, 0.2) is 46.7 Å². The van der Waals surface area contributed by atoms with Crippen molar-refractivity contribution >= 4 is 23.1 Å². The summed E-state index contributed by atoms with van der Waals surface area (Å²) in [5, 5.41) is 5.61. The van der Waals surface area contributed by atoms with Gasteiger partial charge in [0.05, 0.1) is 0 Å². The van der Waals surface area contributed by atoms with Gasteiger partial charge in [-0.3, -0.25) is 0 Å². The Morgan fingerprint density at radius 2 is 2.21 bits per heavy atom. The molecule has 0 fully saturated rings. The SMILES string of the molecule is CCNC(CSc1cccc(F)c1)Cc1cccs1. The smallest absolute Gasteiger partial charge is 0.124 e. The van der Waals surface area contributed by atoms with Gasteiger partial charge in [0, 0.05) is 21.6 Å². The fourth-order valence-corrected chi connectivity index (χ4v) is 3.69. The Labute approximate surface area is 122 Å². The third kappa shape index (κ3) is 4.97. The van der Waals surface area contributed by atoms with E-state index in [2.05, 4.69) is 29.8 Å². The molecule has 102 valence electrons. The van der Waals surface area contributed by atoms with Gasteiger partial charge in [0.1, 0.15) is 5.82 Å². The van der Waals surface area contributed by atoms with Gasteiger partial charge in [0.2, 0.25) is 0 Å². The summed E-state index contributed by atoms with van der Waals surface area (Å²) in [5.74, 6) is 0.790. The fourth-order valence-electron chi connectivity index (χ4n) is 1.90. The molecule has 0 aliphatic rings. The number of thioether (sulfide) groups is 1. The Balaban J connectivity index is 1.89. The van der Waals surface area contributed by atoms with Crippen LogP contribution in [0.2, 0.25) is 0 Å². The van der Waals surface area contributed by atoms with Gasteiger partial charge >= 0.3 is 0 Å². The molecular weight excluding hydrogens is 277 g/mol. The summed E-state index contributed by atoms with van der Waals surface area (Å²) in [5.41, 5.74) is 0. The van der Waals surface area contributed by atoms with Crippen LogP contribution in [0.1, 0.15) is 11.8 Å². The second-order valence-corrected chi connectivity index (χ2v) is 6.43. The molecule has 0 amide bonds. The maximum Gasteiger partial charge on any atom is 0.124 e. The average Bonchev–Trinajstić information content (AvgIpc) is 2.89.